The normalized spacial score (nSPS) is 13.1. The van der Waals surface area contributed by atoms with Crippen molar-refractivity contribution >= 4 is 29.3 Å². The molecule has 3 aromatic rings. The van der Waals surface area contributed by atoms with E-state index in [2.05, 4.69) is 20.8 Å². The van der Waals surface area contributed by atoms with Crippen LogP contribution in [0.25, 0.3) is 5.69 Å². The summed E-state index contributed by atoms with van der Waals surface area (Å²) in [5.41, 5.74) is 2.51. The molecule has 166 valence electrons. The van der Waals surface area contributed by atoms with Gasteiger partial charge in [-0.1, -0.05) is 30.0 Å². The van der Waals surface area contributed by atoms with Crippen molar-refractivity contribution in [2.24, 2.45) is 0 Å². The number of halogens is 1. The van der Waals surface area contributed by atoms with Gasteiger partial charge < -0.3 is 10.6 Å². The lowest BCUT2D eigenvalue weighted by molar-refractivity contribution is -0.118. The molecule has 0 radical (unpaired) electrons. The summed E-state index contributed by atoms with van der Waals surface area (Å²) in [7, 11) is 0. The van der Waals surface area contributed by atoms with Gasteiger partial charge in [0.25, 0.3) is 0 Å². The number of thioether (sulfide) groups is 1. The zero-order valence-electron chi connectivity index (χ0n) is 17.7. The Kier molecular flexibility index (Phi) is 6.84. The SMILES string of the molecule is CC(=O)Nc1cccc(-n2c(SCC(=O)NCCc3ccc(F)cc3)nnc2C2CC2)c1. The van der Waals surface area contributed by atoms with Gasteiger partial charge >= 0.3 is 0 Å². The van der Waals surface area contributed by atoms with Crippen LogP contribution in [0.1, 0.15) is 37.1 Å². The Hall–Kier alpha value is -3.20. The molecule has 2 amide bonds. The van der Waals surface area contributed by atoms with Crippen molar-refractivity contribution in [2.45, 2.75) is 37.3 Å². The Morgan fingerprint density at radius 3 is 2.66 bits per heavy atom. The van der Waals surface area contributed by atoms with Gasteiger partial charge in [0.1, 0.15) is 11.6 Å². The maximum atomic E-state index is 13.0. The van der Waals surface area contributed by atoms with Crippen LogP contribution < -0.4 is 10.6 Å². The van der Waals surface area contributed by atoms with Crippen LogP contribution in [0, 0.1) is 5.82 Å². The van der Waals surface area contributed by atoms with Crippen molar-refractivity contribution in [2.75, 3.05) is 17.6 Å². The number of hydrogen-bond acceptors (Lipinski definition) is 5. The molecule has 1 aliphatic carbocycles. The first-order chi connectivity index (χ1) is 15.5. The number of nitrogens with zero attached hydrogens (tertiary/aromatic N) is 3. The van der Waals surface area contributed by atoms with Gasteiger partial charge in [0, 0.05) is 25.1 Å². The fourth-order valence-corrected chi connectivity index (χ4v) is 4.12. The zero-order valence-corrected chi connectivity index (χ0v) is 18.5. The third kappa shape index (κ3) is 5.73. The van der Waals surface area contributed by atoms with Gasteiger partial charge in [-0.15, -0.1) is 10.2 Å². The van der Waals surface area contributed by atoms with Crippen LogP contribution in [0.3, 0.4) is 0 Å². The number of nitrogens with one attached hydrogen (secondary N) is 2. The molecule has 4 rings (SSSR count). The molecule has 2 aromatic carbocycles. The number of anilines is 1. The van der Waals surface area contributed by atoms with Crippen LogP contribution in [-0.2, 0) is 16.0 Å². The molecule has 9 heteroatoms. The third-order valence-electron chi connectivity index (χ3n) is 5.01. The van der Waals surface area contributed by atoms with Gasteiger partial charge in [-0.2, -0.15) is 0 Å². The highest BCUT2D eigenvalue weighted by molar-refractivity contribution is 7.99. The van der Waals surface area contributed by atoms with Crippen LogP contribution >= 0.6 is 11.8 Å². The summed E-state index contributed by atoms with van der Waals surface area (Å²) in [6.07, 6.45) is 2.77. The van der Waals surface area contributed by atoms with Gasteiger partial charge in [-0.05, 0) is 55.2 Å². The van der Waals surface area contributed by atoms with Crippen LogP contribution in [0.5, 0.6) is 0 Å². The summed E-state index contributed by atoms with van der Waals surface area (Å²) in [6.45, 7) is 1.95. The van der Waals surface area contributed by atoms with E-state index in [1.165, 1.54) is 30.8 Å². The third-order valence-corrected chi connectivity index (χ3v) is 5.94. The molecular formula is C23H24FN5O2S. The van der Waals surface area contributed by atoms with E-state index in [0.717, 1.165) is 29.9 Å². The average Bonchev–Trinajstić information content (AvgIpc) is 3.52. The van der Waals surface area contributed by atoms with Gasteiger partial charge in [-0.25, -0.2) is 4.39 Å². The fraction of sp³-hybridized carbons (Fsp3) is 0.304. The molecule has 1 saturated carbocycles. The van der Waals surface area contributed by atoms with Gasteiger partial charge in [0.05, 0.1) is 11.4 Å². The number of hydrogen-bond donors (Lipinski definition) is 2. The molecule has 0 saturated heterocycles. The Morgan fingerprint density at radius 1 is 1.16 bits per heavy atom. The average molecular weight is 454 g/mol. The van der Waals surface area contributed by atoms with Gasteiger partial charge in [-0.3, -0.25) is 14.2 Å². The molecule has 1 aliphatic rings. The Labute approximate surface area is 189 Å². The highest BCUT2D eigenvalue weighted by atomic mass is 32.2. The van der Waals surface area contributed by atoms with Gasteiger partial charge in [0.15, 0.2) is 5.16 Å². The van der Waals surface area contributed by atoms with Crippen molar-refractivity contribution in [1.29, 1.82) is 0 Å². The summed E-state index contributed by atoms with van der Waals surface area (Å²) in [5, 5.41) is 15.0. The molecule has 0 unspecified atom stereocenters. The van der Waals surface area contributed by atoms with E-state index in [1.807, 2.05) is 28.8 Å². The van der Waals surface area contributed by atoms with E-state index in [1.54, 1.807) is 12.1 Å². The predicted molar refractivity (Wildman–Crippen MR) is 121 cm³/mol. The molecular weight excluding hydrogens is 429 g/mol. The van der Waals surface area contributed by atoms with E-state index in [9.17, 15) is 14.0 Å². The molecule has 0 atom stereocenters. The molecule has 0 bridgehead atoms. The minimum atomic E-state index is -0.272. The highest BCUT2D eigenvalue weighted by Crippen LogP contribution is 2.41. The maximum absolute atomic E-state index is 13.0. The Balaban J connectivity index is 1.40. The standard InChI is InChI=1S/C23H24FN5O2S/c1-15(30)26-19-3-2-4-20(13-19)29-22(17-7-8-17)27-28-23(29)32-14-21(31)25-12-11-16-5-9-18(24)10-6-16/h2-6,9-10,13,17H,7-8,11-12,14H2,1H3,(H,25,31)(H,26,30). The van der Waals surface area contributed by atoms with Crippen molar-refractivity contribution in [1.82, 2.24) is 20.1 Å². The van der Waals surface area contributed by atoms with E-state index < -0.39 is 0 Å². The molecule has 1 fully saturated rings. The fourth-order valence-electron chi connectivity index (χ4n) is 3.33. The molecule has 32 heavy (non-hydrogen) atoms. The monoisotopic (exact) mass is 453 g/mol. The molecule has 0 aliphatic heterocycles. The summed E-state index contributed by atoms with van der Waals surface area (Å²) >= 11 is 1.32. The van der Waals surface area contributed by atoms with Crippen molar-refractivity contribution in [3.05, 3.63) is 65.7 Å². The molecule has 2 N–H and O–H groups in total. The van der Waals surface area contributed by atoms with Crippen LogP contribution in [0.2, 0.25) is 0 Å². The quantitative estimate of drug-likeness (QED) is 0.483. The second kappa shape index (κ2) is 9.95. The van der Waals surface area contributed by atoms with E-state index >= 15 is 0 Å². The molecule has 0 spiro atoms. The number of rotatable bonds is 9. The predicted octanol–water partition coefficient (Wildman–Crippen LogP) is 3.69. The molecule has 1 heterocycles. The largest absolute Gasteiger partial charge is 0.355 e. The lowest BCUT2D eigenvalue weighted by atomic mass is 10.1. The highest BCUT2D eigenvalue weighted by Gasteiger charge is 2.31. The van der Waals surface area contributed by atoms with Crippen molar-refractivity contribution < 1.29 is 14.0 Å². The van der Waals surface area contributed by atoms with E-state index in [-0.39, 0.29) is 23.4 Å². The topological polar surface area (TPSA) is 88.9 Å². The molecule has 1 aromatic heterocycles. The van der Waals surface area contributed by atoms with Crippen molar-refractivity contribution in [3.63, 3.8) is 0 Å². The summed E-state index contributed by atoms with van der Waals surface area (Å²) in [5.74, 6) is 0.936. The summed E-state index contributed by atoms with van der Waals surface area (Å²) in [6, 6.07) is 13.8. The summed E-state index contributed by atoms with van der Waals surface area (Å²) < 4.78 is 15.0. The minimum Gasteiger partial charge on any atom is -0.355 e. The summed E-state index contributed by atoms with van der Waals surface area (Å²) in [4.78, 5) is 23.8. The first kappa shape index (κ1) is 22.0. The zero-order chi connectivity index (χ0) is 22.5. The second-order valence-electron chi connectivity index (χ2n) is 7.70. The van der Waals surface area contributed by atoms with Crippen LogP contribution in [-0.4, -0.2) is 38.9 Å². The first-order valence-electron chi connectivity index (χ1n) is 10.5. The number of carbonyl (C=O) groups is 2. The molecule has 7 nitrogen and oxygen atoms in total. The minimum absolute atomic E-state index is 0.105. The van der Waals surface area contributed by atoms with Crippen LogP contribution in [0.15, 0.2) is 53.7 Å². The number of aromatic nitrogens is 3. The first-order valence-corrected chi connectivity index (χ1v) is 11.5. The maximum Gasteiger partial charge on any atom is 0.230 e. The number of amides is 2. The number of benzene rings is 2. The van der Waals surface area contributed by atoms with E-state index in [0.29, 0.717) is 29.7 Å². The van der Waals surface area contributed by atoms with Crippen LogP contribution in [0.4, 0.5) is 10.1 Å². The number of carbonyl (C=O) groups excluding carboxylic acids is 2. The second-order valence-corrected chi connectivity index (χ2v) is 8.64. The lowest BCUT2D eigenvalue weighted by Crippen LogP contribution is -2.27. The smallest absolute Gasteiger partial charge is 0.230 e. The Bertz CT molecular complexity index is 1110. The van der Waals surface area contributed by atoms with E-state index in [4.69, 9.17) is 0 Å². The van der Waals surface area contributed by atoms with Crippen molar-refractivity contribution in [3.8, 4) is 5.69 Å². The Morgan fingerprint density at radius 2 is 1.94 bits per heavy atom. The lowest BCUT2D eigenvalue weighted by Gasteiger charge is -2.12. The van der Waals surface area contributed by atoms with Gasteiger partial charge in [0.2, 0.25) is 11.8 Å².